The normalized spacial score (nSPS) is 23.9. The van der Waals surface area contributed by atoms with Gasteiger partial charge in [0.2, 0.25) is 0 Å². The van der Waals surface area contributed by atoms with Crippen LogP contribution in [0.2, 0.25) is 0 Å². The number of ether oxygens (including phenoxy) is 2. The summed E-state index contributed by atoms with van der Waals surface area (Å²) in [5.74, 6) is 0. The first-order chi connectivity index (χ1) is 8.19. The minimum Gasteiger partial charge on any atom is -0.451 e. The number of alkyl halides is 1. The summed E-state index contributed by atoms with van der Waals surface area (Å²) < 4.78 is 23.1. The first-order valence-electron chi connectivity index (χ1n) is 5.65. The van der Waals surface area contributed by atoms with Crippen molar-refractivity contribution in [2.75, 3.05) is 13.2 Å². The van der Waals surface area contributed by atoms with Gasteiger partial charge in [-0.2, -0.15) is 0 Å². The summed E-state index contributed by atoms with van der Waals surface area (Å²) in [6.07, 6.45) is -1.64. The molecule has 0 unspecified atom stereocenters. The van der Waals surface area contributed by atoms with Gasteiger partial charge in [0.25, 0.3) is 0 Å². The minimum atomic E-state index is -1.14. The van der Waals surface area contributed by atoms with E-state index < -0.39 is 29.3 Å². The van der Waals surface area contributed by atoms with Gasteiger partial charge in [-0.15, -0.1) is 0 Å². The zero-order chi connectivity index (χ0) is 13.9. The van der Waals surface area contributed by atoms with Crippen LogP contribution in [0, 0.1) is 0 Å². The van der Waals surface area contributed by atoms with Gasteiger partial charge in [-0.05, 0) is 20.8 Å². The molecule has 1 heterocycles. The Balaban J connectivity index is 2.60. The van der Waals surface area contributed by atoms with Gasteiger partial charge in [-0.1, -0.05) is 0 Å². The third-order valence-corrected chi connectivity index (χ3v) is 2.49. The second kappa shape index (κ2) is 5.73. The average molecular weight is 282 g/mol. The van der Waals surface area contributed by atoms with E-state index in [1.165, 1.54) is 4.90 Å². The first-order valence-corrected chi connectivity index (χ1v) is 6.03. The molecule has 0 spiro atoms. The number of likely N-dealkylation sites (tertiary alicyclic amines) is 1. The van der Waals surface area contributed by atoms with Crippen LogP contribution in [0.3, 0.4) is 0 Å². The minimum absolute atomic E-state index is 0.0561. The van der Waals surface area contributed by atoms with Crippen molar-refractivity contribution in [3.05, 3.63) is 0 Å². The van der Waals surface area contributed by atoms with E-state index in [1.54, 1.807) is 20.8 Å². The molecule has 18 heavy (non-hydrogen) atoms. The zero-order valence-electron chi connectivity index (χ0n) is 10.6. The molecule has 1 aliphatic rings. The van der Waals surface area contributed by atoms with Crippen LogP contribution >= 0.6 is 11.6 Å². The summed E-state index contributed by atoms with van der Waals surface area (Å²) in [5.41, 5.74) is -1.62. The molecule has 104 valence electrons. The molecule has 0 saturated carbocycles. The maximum Gasteiger partial charge on any atom is 0.410 e. The van der Waals surface area contributed by atoms with Crippen molar-refractivity contribution in [3.63, 3.8) is 0 Å². The van der Waals surface area contributed by atoms with E-state index >= 15 is 0 Å². The number of halogens is 2. The molecule has 5 nitrogen and oxygen atoms in total. The van der Waals surface area contributed by atoms with Gasteiger partial charge >= 0.3 is 11.5 Å². The van der Waals surface area contributed by atoms with E-state index in [4.69, 9.17) is 16.3 Å². The largest absolute Gasteiger partial charge is 0.451 e. The predicted octanol–water partition coefficient (Wildman–Crippen LogP) is 2.71. The van der Waals surface area contributed by atoms with Gasteiger partial charge in [0.1, 0.15) is 18.4 Å². The van der Waals surface area contributed by atoms with Crippen LogP contribution in [-0.4, -0.2) is 47.4 Å². The summed E-state index contributed by atoms with van der Waals surface area (Å²) in [4.78, 5) is 23.6. The SMILES string of the molecule is CC(C)(C)OC(=O)N1C[C@@H](F)C[C@H]1COC(=O)Cl. The highest BCUT2D eigenvalue weighted by atomic mass is 35.5. The van der Waals surface area contributed by atoms with E-state index in [2.05, 4.69) is 4.74 Å². The monoisotopic (exact) mass is 281 g/mol. The van der Waals surface area contributed by atoms with E-state index in [9.17, 15) is 14.0 Å². The van der Waals surface area contributed by atoms with Crippen LogP contribution < -0.4 is 0 Å². The van der Waals surface area contributed by atoms with Gasteiger partial charge in [0.05, 0.1) is 12.6 Å². The maximum absolute atomic E-state index is 13.3. The lowest BCUT2D eigenvalue weighted by Crippen LogP contribution is -2.42. The number of hydrogen-bond acceptors (Lipinski definition) is 4. The van der Waals surface area contributed by atoms with E-state index in [0.717, 1.165) is 0 Å². The van der Waals surface area contributed by atoms with Gasteiger partial charge in [-0.25, -0.2) is 14.0 Å². The Labute approximate surface area is 110 Å². The van der Waals surface area contributed by atoms with Crippen molar-refractivity contribution in [2.45, 2.75) is 45.0 Å². The summed E-state index contributed by atoms with van der Waals surface area (Å²) >= 11 is 5.04. The van der Waals surface area contributed by atoms with Crippen LogP contribution in [0.4, 0.5) is 14.0 Å². The Bertz CT molecular complexity index is 331. The summed E-state index contributed by atoms with van der Waals surface area (Å²) in [7, 11) is 0. The van der Waals surface area contributed by atoms with Crippen molar-refractivity contribution in [1.29, 1.82) is 0 Å². The molecular formula is C11H17ClFNO4. The molecular weight excluding hydrogens is 265 g/mol. The van der Waals surface area contributed by atoms with Crippen molar-refractivity contribution in [3.8, 4) is 0 Å². The lowest BCUT2D eigenvalue weighted by molar-refractivity contribution is 0.0164. The van der Waals surface area contributed by atoms with Crippen molar-refractivity contribution in [2.24, 2.45) is 0 Å². The molecule has 1 amide bonds. The highest BCUT2D eigenvalue weighted by Crippen LogP contribution is 2.23. The highest BCUT2D eigenvalue weighted by molar-refractivity contribution is 6.61. The molecule has 1 aliphatic heterocycles. The molecule has 7 heteroatoms. The van der Waals surface area contributed by atoms with E-state index in [1.807, 2.05) is 0 Å². The smallest absolute Gasteiger partial charge is 0.410 e. The zero-order valence-corrected chi connectivity index (χ0v) is 11.4. The topological polar surface area (TPSA) is 55.8 Å². The fourth-order valence-electron chi connectivity index (χ4n) is 1.72. The number of amides is 1. The first kappa shape index (κ1) is 15.0. The molecule has 0 N–H and O–H groups in total. The fraction of sp³-hybridized carbons (Fsp3) is 0.818. The second-order valence-electron chi connectivity index (χ2n) is 5.17. The molecule has 0 bridgehead atoms. The van der Waals surface area contributed by atoms with Crippen LogP contribution in [0.25, 0.3) is 0 Å². The third-order valence-electron chi connectivity index (χ3n) is 2.38. The quantitative estimate of drug-likeness (QED) is 0.730. The molecule has 2 atom stereocenters. The average Bonchev–Trinajstić information content (AvgIpc) is 2.54. The van der Waals surface area contributed by atoms with Gasteiger partial charge in [0, 0.05) is 18.0 Å². The second-order valence-corrected chi connectivity index (χ2v) is 5.48. The maximum atomic E-state index is 13.3. The number of carbonyl (C=O) groups is 2. The van der Waals surface area contributed by atoms with Gasteiger partial charge < -0.3 is 9.47 Å². The summed E-state index contributed by atoms with van der Waals surface area (Å²) in [6, 6.07) is -0.530. The van der Waals surface area contributed by atoms with Crippen molar-refractivity contribution >= 4 is 23.1 Å². The lowest BCUT2D eigenvalue weighted by atomic mass is 10.2. The Morgan fingerprint density at radius 1 is 1.44 bits per heavy atom. The number of carbonyl (C=O) groups excluding carboxylic acids is 2. The Kier molecular flexibility index (Phi) is 4.78. The molecule has 0 aliphatic carbocycles. The number of nitrogens with zero attached hydrogens (tertiary/aromatic N) is 1. The number of rotatable bonds is 2. The Morgan fingerprint density at radius 3 is 2.56 bits per heavy atom. The highest BCUT2D eigenvalue weighted by Gasteiger charge is 2.38. The number of hydrogen-bond donors (Lipinski definition) is 0. The lowest BCUT2D eigenvalue weighted by Gasteiger charge is -2.27. The molecule has 0 aromatic carbocycles. The van der Waals surface area contributed by atoms with E-state index in [-0.39, 0.29) is 19.6 Å². The summed E-state index contributed by atoms with van der Waals surface area (Å²) in [5, 5.41) is 0. The summed E-state index contributed by atoms with van der Waals surface area (Å²) in [6.45, 7) is 4.99. The predicted molar refractivity (Wildman–Crippen MR) is 63.4 cm³/mol. The van der Waals surface area contributed by atoms with Crippen LogP contribution in [0.1, 0.15) is 27.2 Å². The molecule has 0 aromatic heterocycles. The molecule has 0 radical (unpaired) electrons. The van der Waals surface area contributed by atoms with Gasteiger partial charge in [-0.3, -0.25) is 4.90 Å². The van der Waals surface area contributed by atoms with Gasteiger partial charge in [0.15, 0.2) is 0 Å². The van der Waals surface area contributed by atoms with Crippen molar-refractivity contribution in [1.82, 2.24) is 4.90 Å². The van der Waals surface area contributed by atoms with E-state index in [0.29, 0.717) is 0 Å². The third kappa shape index (κ3) is 4.68. The molecule has 1 fully saturated rings. The Hall–Kier alpha value is -1.04. The fourth-order valence-corrected chi connectivity index (χ4v) is 1.79. The standard InChI is InChI=1S/C11H17ClFNO4/c1-11(2,3)18-10(16)14-5-7(13)4-8(14)6-17-9(12)15/h7-8H,4-6H2,1-3H3/t7-,8-/m0/s1. The molecule has 1 saturated heterocycles. The Morgan fingerprint density at radius 2 is 2.06 bits per heavy atom. The molecule has 1 rings (SSSR count). The van der Waals surface area contributed by atoms with Crippen LogP contribution in [0.15, 0.2) is 0 Å². The van der Waals surface area contributed by atoms with Crippen LogP contribution in [-0.2, 0) is 9.47 Å². The van der Waals surface area contributed by atoms with Crippen LogP contribution in [0.5, 0.6) is 0 Å². The van der Waals surface area contributed by atoms with Crippen molar-refractivity contribution < 1.29 is 23.5 Å². The molecule has 0 aromatic rings.